The minimum atomic E-state index is -0.485. The zero-order chi connectivity index (χ0) is 21.7. The number of aromatic nitrogens is 1. The molecule has 158 valence electrons. The molecule has 1 heterocycles. The number of thiazole rings is 1. The number of nitrogens with zero attached hydrogens (tertiary/aromatic N) is 1. The van der Waals surface area contributed by atoms with Crippen LogP contribution in [0.5, 0.6) is 17.2 Å². The van der Waals surface area contributed by atoms with Crippen LogP contribution in [0.2, 0.25) is 5.02 Å². The zero-order valence-corrected chi connectivity index (χ0v) is 18.2. The molecule has 1 aromatic heterocycles. The van der Waals surface area contributed by atoms with Gasteiger partial charge >= 0.3 is 0 Å². The minimum absolute atomic E-state index is 0.152. The molecule has 0 spiro atoms. The van der Waals surface area contributed by atoms with Crippen LogP contribution in [0.3, 0.4) is 0 Å². The van der Waals surface area contributed by atoms with E-state index in [0.717, 1.165) is 6.42 Å². The van der Waals surface area contributed by atoms with Gasteiger partial charge in [0.15, 0.2) is 28.2 Å². The van der Waals surface area contributed by atoms with Crippen LogP contribution in [0, 0.1) is 5.82 Å². The molecule has 0 aliphatic heterocycles. The van der Waals surface area contributed by atoms with Crippen molar-refractivity contribution in [1.82, 2.24) is 4.98 Å². The molecule has 0 aliphatic carbocycles. The maximum Gasteiger partial charge on any atom is 0.257 e. The SMILES string of the molecule is CCCOc1c(Cl)cc(C(=O)Nc2nc(-c3ccc(OC)c(F)c3)cs2)cc1OC. The Hall–Kier alpha value is -2.84. The van der Waals surface area contributed by atoms with E-state index in [2.05, 4.69) is 10.3 Å². The van der Waals surface area contributed by atoms with Gasteiger partial charge in [-0.25, -0.2) is 9.37 Å². The summed E-state index contributed by atoms with van der Waals surface area (Å²) in [4.78, 5) is 17.0. The lowest BCUT2D eigenvalue weighted by Gasteiger charge is -2.13. The van der Waals surface area contributed by atoms with E-state index in [1.807, 2.05) is 6.92 Å². The predicted octanol–water partition coefficient (Wildman–Crippen LogP) is 5.66. The standard InChI is InChI=1S/C21H20ClFN2O4S/c1-4-7-29-19-14(22)8-13(10-18(19)28-3)20(26)25-21-24-16(11-30-21)12-5-6-17(27-2)15(23)9-12/h5-6,8-11H,4,7H2,1-3H3,(H,24,25,26). The summed E-state index contributed by atoms with van der Waals surface area (Å²) in [5.41, 5.74) is 1.41. The minimum Gasteiger partial charge on any atom is -0.494 e. The summed E-state index contributed by atoms with van der Waals surface area (Å²) in [6.07, 6.45) is 0.812. The van der Waals surface area contributed by atoms with Crippen LogP contribution < -0.4 is 19.5 Å². The fourth-order valence-corrected chi connectivity index (χ4v) is 3.63. The lowest BCUT2D eigenvalue weighted by molar-refractivity contribution is 0.102. The van der Waals surface area contributed by atoms with Gasteiger partial charge in [0.05, 0.1) is 31.5 Å². The number of nitrogens with one attached hydrogen (secondary N) is 1. The molecule has 2 aromatic carbocycles. The highest BCUT2D eigenvalue weighted by Crippen LogP contribution is 2.37. The lowest BCUT2D eigenvalue weighted by atomic mass is 10.1. The van der Waals surface area contributed by atoms with E-state index in [4.69, 9.17) is 25.8 Å². The van der Waals surface area contributed by atoms with Gasteiger partial charge in [0.2, 0.25) is 0 Å². The Kier molecular flexibility index (Phi) is 7.12. The molecule has 1 N–H and O–H groups in total. The summed E-state index contributed by atoms with van der Waals surface area (Å²) < 4.78 is 29.8. The van der Waals surface area contributed by atoms with E-state index >= 15 is 0 Å². The van der Waals surface area contributed by atoms with Crippen LogP contribution in [0.25, 0.3) is 11.3 Å². The third-order valence-corrected chi connectivity index (χ3v) is 5.15. The third-order valence-electron chi connectivity index (χ3n) is 4.11. The normalized spacial score (nSPS) is 10.6. The summed E-state index contributed by atoms with van der Waals surface area (Å²) in [5.74, 6) is 0.0321. The van der Waals surface area contributed by atoms with Crippen molar-refractivity contribution in [3.05, 3.63) is 52.1 Å². The molecule has 30 heavy (non-hydrogen) atoms. The Balaban J connectivity index is 1.78. The van der Waals surface area contributed by atoms with Gasteiger partial charge in [-0.3, -0.25) is 10.1 Å². The average molecular weight is 451 g/mol. The predicted molar refractivity (Wildman–Crippen MR) is 116 cm³/mol. The van der Waals surface area contributed by atoms with E-state index in [1.54, 1.807) is 17.5 Å². The van der Waals surface area contributed by atoms with Gasteiger partial charge in [-0.1, -0.05) is 18.5 Å². The molecule has 3 rings (SSSR count). The molecule has 0 aliphatic rings. The van der Waals surface area contributed by atoms with Crippen molar-refractivity contribution in [2.45, 2.75) is 13.3 Å². The van der Waals surface area contributed by atoms with E-state index < -0.39 is 11.7 Å². The van der Waals surface area contributed by atoms with Gasteiger partial charge in [0.1, 0.15) is 0 Å². The van der Waals surface area contributed by atoms with E-state index in [0.29, 0.717) is 40.1 Å². The first-order chi connectivity index (χ1) is 14.5. The number of carbonyl (C=O) groups is 1. The number of ether oxygens (including phenoxy) is 3. The fraction of sp³-hybridized carbons (Fsp3) is 0.238. The van der Waals surface area contributed by atoms with Crippen LogP contribution in [0.4, 0.5) is 9.52 Å². The summed E-state index contributed by atoms with van der Waals surface area (Å²) in [6.45, 7) is 2.46. The molecule has 0 fully saturated rings. The van der Waals surface area contributed by atoms with E-state index in [-0.39, 0.29) is 10.8 Å². The zero-order valence-electron chi connectivity index (χ0n) is 16.6. The van der Waals surface area contributed by atoms with Gasteiger partial charge in [-0.15, -0.1) is 11.3 Å². The average Bonchev–Trinajstić information content (AvgIpc) is 3.20. The van der Waals surface area contributed by atoms with Crippen LogP contribution >= 0.6 is 22.9 Å². The van der Waals surface area contributed by atoms with Crippen molar-refractivity contribution in [3.63, 3.8) is 0 Å². The third kappa shape index (κ3) is 4.83. The number of carbonyl (C=O) groups excluding carboxylic acids is 1. The molecular weight excluding hydrogens is 431 g/mol. The highest BCUT2D eigenvalue weighted by atomic mass is 35.5. The molecule has 1 amide bonds. The molecule has 0 radical (unpaired) electrons. The van der Waals surface area contributed by atoms with Gasteiger partial charge < -0.3 is 14.2 Å². The molecule has 0 atom stereocenters. The molecule has 9 heteroatoms. The Bertz CT molecular complexity index is 1060. The second-order valence-electron chi connectivity index (χ2n) is 6.18. The van der Waals surface area contributed by atoms with Crippen molar-refractivity contribution >= 4 is 34.0 Å². The van der Waals surface area contributed by atoms with Crippen LogP contribution in [-0.2, 0) is 0 Å². The van der Waals surface area contributed by atoms with Gasteiger partial charge in [0, 0.05) is 16.5 Å². The maximum absolute atomic E-state index is 13.9. The van der Waals surface area contributed by atoms with E-state index in [1.165, 1.54) is 43.8 Å². The highest BCUT2D eigenvalue weighted by Gasteiger charge is 2.17. The Morgan fingerprint density at radius 3 is 2.63 bits per heavy atom. The van der Waals surface area contributed by atoms with E-state index in [9.17, 15) is 9.18 Å². The van der Waals surface area contributed by atoms with Gasteiger partial charge in [-0.2, -0.15) is 0 Å². The first-order valence-corrected chi connectivity index (χ1v) is 10.3. The van der Waals surface area contributed by atoms with Crippen LogP contribution in [0.1, 0.15) is 23.7 Å². The van der Waals surface area contributed by atoms with Crippen molar-refractivity contribution in [1.29, 1.82) is 0 Å². The van der Waals surface area contributed by atoms with Crippen LogP contribution in [0.15, 0.2) is 35.7 Å². The number of anilines is 1. The second-order valence-corrected chi connectivity index (χ2v) is 7.44. The number of benzene rings is 2. The number of hydrogen-bond acceptors (Lipinski definition) is 6. The summed E-state index contributed by atoms with van der Waals surface area (Å²) in [7, 11) is 2.88. The number of halogens is 2. The molecule has 0 saturated carbocycles. The molecule has 0 bridgehead atoms. The van der Waals surface area contributed by atoms with Crippen molar-refractivity contribution in [2.75, 3.05) is 26.1 Å². The van der Waals surface area contributed by atoms with Gasteiger partial charge in [0.25, 0.3) is 5.91 Å². The van der Waals surface area contributed by atoms with Crippen molar-refractivity contribution in [2.24, 2.45) is 0 Å². The van der Waals surface area contributed by atoms with Crippen LogP contribution in [-0.4, -0.2) is 31.7 Å². The summed E-state index contributed by atoms with van der Waals surface area (Å²) in [5, 5.41) is 5.10. The molecule has 0 saturated heterocycles. The first-order valence-electron chi connectivity index (χ1n) is 9.08. The Morgan fingerprint density at radius 1 is 1.20 bits per heavy atom. The smallest absolute Gasteiger partial charge is 0.257 e. The molecular formula is C21H20ClFN2O4S. The number of rotatable bonds is 8. The second kappa shape index (κ2) is 9.77. The largest absolute Gasteiger partial charge is 0.494 e. The topological polar surface area (TPSA) is 69.7 Å². The number of amides is 1. The number of methoxy groups -OCH3 is 2. The maximum atomic E-state index is 13.9. The summed E-state index contributed by atoms with van der Waals surface area (Å²) >= 11 is 7.50. The molecule has 3 aromatic rings. The Labute approximate surface area is 182 Å². The van der Waals surface area contributed by atoms with Crippen molar-refractivity contribution in [3.8, 4) is 28.5 Å². The molecule has 6 nitrogen and oxygen atoms in total. The quantitative estimate of drug-likeness (QED) is 0.479. The molecule has 0 unspecified atom stereocenters. The summed E-state index contributed by atoms with van der Waals surface area (Å²) in [6, 6.07) is 7.62. The number of hydrogen-bond donors (Lipinski definition) is 1. The first kappa shape index (κ1) is 21.9. The lowest BCUT2D eigenvalue weighted by Crippen LogP contribution is -2.12. The van der Waals surface area contributed by atoms with Crippen molar-refractivity contribution < 1.29 is 23.4 Å². The monoisotopic (exact) mass is 450 g/mol. The Morgan fingerprint density at radius 2 is 1.97 bits per heavy atom. The van der Waals surface area contributed by atoms with Gasteiger partial charge in [-0.05, 0) is 36.8 Å². The fourth-order valence-electron chi connectivity index (χ4n) is 2.65. The highest BCUT2D eigenvalue weighted by molar-refractivity contribution is 7.14.